The minimum absolute atomic E-state index is 0.127. The Morgan fingerprint density at radius 1 is 1.00 bits per heavy atom. The molecule has 1 aromatic rings. The first-order valence-corrected chi connectivity index (χ1v) is 10.1. The largest absolute Gasteiger partial charge is 0.481 e. The van der Waals surface area contributed by atoms with Gasteiger partial charge in [0.25, 0.3) is 0 Å². The van der Waals surface area contributed by atoms with E-state index < -0.39 is 11.6 Å². The molecule has 0 aliphatic heterocycles. The summed E-state index contributed by atoms with van der Waals surface area (Å²) < 4.78 is 16.0. The van der Waals surface area contributed by atoms with Gasteiger partial charge in [-0.25, -0.2) is 4.79 Å². The van der Waals surface area contributed by atoms with Crippen LogP contribution in [0.25, 0.3) is 0 Å². The zero-order valence-corrected chi connectivity index (χ0v) is 19.7. The van der Waals surface area contributed by atoms with Gasteiger partial charge in [0.1, 0.15) is 22.3 Å². The number of ether oxygens (including phenoxy) is 3. The predicted molar refractivity (Wildman–Crippen MR) is 110 cm³/mol. The first kappa shape index (κ1) is 25.2. The lowest BCUT2D eigenvalue weighted by molar-refractivity contribution is -0.157. The molecule has 1 aromatic carbocycles. The Morgan fingerprint density at radius 3 is 1.88 bits per heavy atom. The number of rotatable bonds is 4. The molecule has 0 aliphatic carbocycles. The fraction of sp³-hybridized carbons (Fsp3) is 0.556. The zero-order chi connectivity index (χ0) is 20.5. The van der Waals surface area contributed by atoms with E-state index in [0.29, 0.717) is 15.2 Å². The Morgan fingerprint density at radius 2 is 1.50 bits per heavy atom. The average Bonchev–Trinajstić information content (AvgIpc) is 2.43. The first-order valence-electron chi connectivity index (χ1n) is 7.81. The van der Waals surface area contributed by atoms with Crippen molar-refractivity contribution in [1.29, 1.82) is 0 Å². The molecule has 0 spiro atoms. The van der Waals surface area contributed by atoms with Crippen LogP contribution in [0.3, 0.4) is 0 Å². The fourth-order valence-electron chi connectivity index (χ4n) is 1.47. The van der Waals surface area contributed by atoms with Crippen molar-refractivity contribution in [3.63, 3.8) is 0 Å². The molecular weight excluding hydrogens is 491 g/mol. The lowest BCUT2D eigenvalue weighted by Gasteiger charge is -2.19. The Hall–Kier alpha value is -0.790. The number of hydrogen-bond donors (Lipinski definition) is 0. The summed E-state index contributed by atoms with van der Waals surface area (Å²) in [5.41, 5.74) is -0.859. The minimum atomic E-state index is -0.502. The van der Waals surface area contributed by atoms with Gasteiger partial charge in [-0.1, -0.05) is 27.5 Å². The van der Waals surface area contributed by atoms with Crippen molar-refractivity contribution >= 4 is 55.4 Å². The molecule has 0 radical (unpaired) electrons. The molecular formula is C18H25Br2ClO5. The molecule has 0 bridgehead atoms. The van der Waals surface area contributed by atoms with Crippen molar-refractivity contribution < 1.29 is 23.8 Å². The SMILES string of the molecule is CC(C)(C)OC(=O)CBr.CC(C)(C)OC(=O)COc1ccc(Cl)cc1Br. The van der Waals surface area contributed by atoms with Crippen LogP contribution in [-0.2, 0) is 19.1 Å². The lowest BCUT2D eigenvalue weighted by atomic mass is 10.2. The van der Waals surface area contributed by atoms with Gasteiger partial charge >= 0.3 is 11.9 Å². The second kappa shape index (κ2) is 11.1. The Kier molecular flexibility index (Phi) is 10.8. The minimum Gasteiger partial charge on any atom is -0.481 e. The highest BCUT2D eigenvalue weighted by atomic mass is 79.9. The molecule has 0 amide bonds. The number of alkyl halides is 1. The van der Waals surface area contributed by atoms with E-state index in [9.17, 15) is 9.59 Å². The zero-order valence-electron chi connectivity index (χ0n) is 15.8. The Bertz CT molecular complexity index is 607. The van der Waals surface area contributed by atoms with Crippen molar-refractivity contribution in [1.82, 2.24) is 0 Å². The number of halogens is 3. The molecule has 0 saturated carbocycles. The van der Waals surface area contributed by atoms with E-state index in [1.165, 1.54) is 0 Å². The number of benzene rings is 1. The third-order valence-electron chi connectivity index (χ3n) is 2.19. The van der Waals surface area contributed by atoms with Gasteiger partial charge in [0, 0.05) is 5.02 Å². The molecule has 8 heteroatoms. The van der Waals surface area contributed by atoms with Gasteiger partial charge in [0.05, 0.1) is 4.47 Å². The van der Waals surface area contributed by atoms with E-state index in [1.807, 2.05) is 41.5 Å². The molecule has 148 valence electrons. The maximum absolute atomic E-state index is 11.4. The van der Waals surface area contributed by atoms with Crippen LogP contribution in [0.2, 0.25) is 5.02 Å². The second-order valence-corrected chi connectivity index (χ2v) is 9.02. The van der Waals surface area contributed by atoms with E-state index >= 15 is 0 Å². The highest BCUT2D eigenvalue weighted by Gasteiger charge is 2.17. The Labute approximate surface area is 177 Å². The van der Waals surface area contributed by atoms with Gasteiger partial charge in [-0.15, -0.1) is 0 Å². The van der Waals surface area contributed by atoms with E-state index in [4.69, 9.17) is 25.8 Å². The summed E-state index contributed by atoms with van der Waals surface area (Å²) in [7, 11) is 0. The van der Waals surface area contributed by atoms with Crippen LogP contribution in [0.15, 0.2) is 22.7 Å². The highest BCUT2D eigenvalue weighted by Crippen LogP contribution is 2.28. The van der Waals surface area contributed by atoms with Crippen LogP contribution >= 0.6 is 43.5 Å². The van der Waals surface area contributed by atoms with E-state index in [0.717, 1.165) is 0 Å². The summed E-state index contributed by atoms with van der Waals surface area (Å²) in [6.45, 7) is 10.8. The molecule has 0 unspecified atom stereocenters. The number of carbonyl (C=O) groups excluding carboxylic acids is 2. The maximum atomic E-state index is 11.4. The van der Waals surface area contributed by atoms with Crippen LogP contribution in [0.1, 0.15) is 41.5 Å². The maximum Gasteiger partial charge on any atom is 0.344 e. The molecule has 0 fully saturated rings. The summed E-state index contributed by atoms with van der Waals surface area (Å²) >= 11 is 12.1. The van der Waals surface area contributed by atoms with E-state index in [2.05, 4.69) is 31.9 Å². The smallest absolute Gasteiger partial charge is 0.344 e. The monoisotopic (exact) mass is 514 g/mol. The normalized spacial score (nSPS) is 11.1. The molecule has 0 saturated heterocycles. The summed E-state index contributed by atoms with van der Waals surface area (Å²) in [5.74, 6) is -0.0675. The molecule has 26 heavy (non-hydrogen) atoms. The molecule has 0 heterocycles. The number of hydrogen-bond acceptors (Lipinski definition) is 5. The summed E-state index contributed by atoms with van der Waals surface area (Å²) in [6, 6.07) is 5.08. The van der Waals surface area contributed by atoms with Crippen LogP contribution in [0.4, 0.5) is 0 Å². The van der Waals surface area contributed by atoms with Gasteiger partial charge in [-0.3, -0.25) is 4.79 Å². The quantitative estimate of drug-likeness (QED) is 0.388. The third kappa shape index (κ3) is 13.4. The summed E-state index contributed by atoms with van der Waals surface area (Å²) in [6.07, 6.45) is 0. The van der Waals surface area contributed by atoms with Crippen molar-refractivity contribution in [3.8, 4) is 5.75 Å². The molecule has 1 rings (SSSR count). The van der Waals surface area contributed by atoms with Gasteiger partial charge < -0.3 is 14.2 Å². The molecule has 5 nitrogen and oxygen atoms in total. The molecule has 0 aromatic heterocycles. The molecule has 0 N–H and O–H groups in total. The van der Waals surface area contributed by atoms with Gasteiger partial charge in [-0.2, -0.15) is 0 Å². The number of carbonyl (C=O) groups is 2. The van der Waals surface area contributed by atoms with Crippen molar-refractivity contribution in [2.24, 2.45) is 0 Å². The van der Waals surface area contributed by atoms with Gasteiger partial charge in [0.2, 0.25) is 0 Å². The third-order valence-corrected chi connectivity index (χ3v) is 3.50. The second-order valence-electron chi connectivity index (χ2n) is 7.17. The van der Waals surface area contributed by atoms with Crippen molar-refractivity contribution in [2.75, 3.05) is 11.9 Å². The van der Waals surface area contributed by atoms with Crippen LogP contribution in [-0.4, -0.2) is 35.1 Å². The van der Waals surface area contributed by atoms with Crippen molar-refractivity contribution in [2.45, 2.75) is 52.7 Å². The topological polar surface area (TPSA) is 61.8 Å². The highest BCUT2D eigenvalue weighted by molar-refractivity contribution is 9.10. The van der Waals surface area contributed by atoms with Crippen molar-refractivity contribution in [3.05, 3.63) is 27.7 Å². The molecule has 0 atom stereocenters. The molecule has 0 aliphatic rings. The first-order chi connectivity index (χ1) is 11.7. The van der Waals surface area contributed by atoms with Crippen LogP contribution < -0.4 is 4.74 Å². The number of esters is 2. The standard InChI is InChI=1S/C12H14BrClO3.C6H11BrO2/c1-12(2,3)17-11(15)7-16-10-5-4-8(14)6-9(10)13;1-6(2,3)9-5(8)4-7/h4-6H,7H2,1-3H3;4H2,1-3H3. The fourth-order valence-corrected chi connectivity index (χ4v) is 2.38. The summed E-state index contributed by atoms with van der Waals surface area (Å²) in [5, 5.41) is 0.867. The average molecular weight is 517 g/mol. The summed E-state index contributed by atoms with van der Waals surface area (Å²) in [4.78, 5) is 22.0. The van der Waals surface area contributed by atoms with Gasteiger partial charge in [0.15, 0.2) is 6.61 Å². The Balaban J connectivity index is 0.000000590. The van der Waals surface area contributed by atoms with E-state index in [-0.39, 0.29) is 23.5 Å². The lowest BCUT2D eigenvalue weighted by Crippen LogP contribution is -2.27. The van der Waals surface area contributed by atoms with Crippen LogP contribution in [0, 0.1) is 0 Å². The van der Waals surface area contributed by atoms with Crippen LogP contribution in [0.5, 0.6) is 5.75 Å². The van der Waals surface area contributed by atoms with E-state index in [1.54, 1.807) is 18.2 Å². The predicted octanol–water partition coefficient (Wildman–Crippen LogP) is 5.55. The van der Waals surface area contributed by atoms with Gasteiger partial charge in [-0.05, 0) is 75.7 Å².